The highest BCUT2D eigenvalue weighted by atomic mass is 16.5. The Kier molecular flexibility index (Phi) is 4.77. The van der Waals surface area contributed by atoms with Crippen LogP contribution < -0.4 is 4.74 Å². The Balaban J connectivity index is 1.98. The van der Waals surface area contributed by atoms with E-state index in [9.17, 15) is 4.79 Å². The first kappa shape index (κ1) is 13.8. The van der Waals surface area contributed by atoms with E-state index in [2.05, 4.69) is 4.98 Å². The van der Waals surface area contributed by atoms with E-state index >= 15 is 0 Å². The van der Waals surface area contributed by atoms with Crippen molar-refractivity contribution in [3.05, 3.63) is 24.0 Å². The SMILES string of the molecule is CCCC(=O)N1CCC(c2ncccc2OC)CC1. The molecule has 2 rings (SSSR count). The number of carbonyl (C=O) groups excluding carboxylic acids is 1. The lowest BCUT2D eigenvalue weighted by Crippen LogP contribution is -2.37. The van der Waals surface area contributed by atoms with Crippen LogP contribution in [0.15, 0.2) is 18.3 Å². The van der Waals surface area contributed by atoms with Gasteiger partial charge in [-0.05, 0) is 31.4 Å². The van der Waals surface area contributed by atoms with Crippen LogP contribution in [0.4, 0.5) is 0 Å². The summed E-state index contributed by atoms with van der Waals surface area (Å²) >= 11 is 0. The molecule has 0 N–H and O–H groups in total. The standard InChI is InChI=1S/C15H22N2O2/c1-3-5-14(18)17-10-7-12(8-11-17)15-13(19-2)6-4-9-16-15/h4,6,9,12H,3,5,7-8,10-11H2,1-2H3. The normalized spacial score (nSPS) is 16.4. The molecule has 0 radical (unpaired) electrons. The second-order valence-electron chi connectivity index (χ2n) is 5.00. The minimum absolute atomic E-state index is 0.286. The Labute approximate surface area is 114 Å². The number of hydrogen-bond donors (Lipinski definition) is 0. The van der Waals surface area contributed by atoms with Gasteiger partial charge in [-0.15, -0.1) is 0 Å². The zero-order chi connectivity index (χ0) is 13.7. The highest BCUT2D eigenvalue weighted by molar-refractivity contribution is 5.76. The molecule has 1 aromatic heterocycles. The fourth-order valence-corrected chi connectivity index (χ4v) is 2.66. The number of amides is 1. The van der Waals surface area contributed by atoms with Gasteiger partial charge in [0, 0.05) is 31.6 Å². The molecule has 104 valence electrons. The van der Waals surface area contributed by atoms with Gasteiger partial charge in [0.1, 0.15) is 5.75 Å². The molecule has 0 aromatic carbocycles. The molecule has 0 unspecified atom stereocenters. The Bertz CT molecular complexity index is 426. The number of aromatic nitrogens is 1. The predicted octanol–water partition coefficient (Wildman–Crippen LogP) is 2.60. The molecular formula is C15H22N2O2. The number of nitrogens with zero attached hydrogens (tertiary/aromatic N) is 2. The highest BCUT2D eigenvalue weighted by Gasteiger charge is 2.25. The zero-order valence-corrected chi connectivity index (χ0v) is 11.8. The quantitative estimate of drug-likeness (QED) is 0.837. The van der Waals surface area contributed by atoms with Crippen LogP contribution in [0.1, 0.15) is 44.2 Å². The molecular weight excluding hydrogens is 240 g/mol. The van der Waals surface area contributed by atoms with Crippen LogP contribution in [0.2, 0.25) is 0 Å². The largest absolute Gasteiger partial charge is 0.495 e. The Morgan fingerprint density at radius 1 is 1.47 bits per heavy atom. The lowest BCUT2D eigenvalue weighted by Gasteiger charge is -2.32. The maximum Gasteiger partial charge on any atom is 0.222 e. The van der Waals surface area contributed by atoms with E-state index in [0.29, 0.717) is 12.3 Å². The van der Waals surface area contributed by atoms with E-state index in [0.717, 1.165) is 43.8 Å². The van der Waals surface area contributed by atoms with Gasteiger partial charge in [0.25, 0.3) is 0 Å². The van der Waals surface area contributed by atoms with Crippen molar-refractivity contribution in [2.45, 2.75) is 38.5 Å². The fraction of sp³-hybridized carbons (Fsp3) is 0.600. The van der Waals surface area contributed by atoms with E-state index < -0.39 is 0 Å². The molecule has 4 nitrogen and oxygen atoms in total. The van der Waals surface area contributed by atoms with Gasteiger partial charge >= 0.3 is 0 Å². The van der Waals surface area contributed by atoms with Gasteiger partial charge in [0.05, 0.1) is 12.8 Å². The molecule has 1 aliphatic heterocycles. The van der Waals surface area contributed by atoms with Crippen molar-refractivity contribution in [2.75, 3.05) is 20.2 Å². The third kappa shape index (κ3) is 3.25. The summed E-state index contributed by atoms with van der Waals surface area (Å²) in [6, 6.07) is 3.85. The van der Waals surface area contributed by atoms with Crippen LogP contribution in [0.5, 0.6) is 5.75 Å². The summed E-state index contributed by atoms with van der Waals surface area (Å²) in [5, 5.41) is 0. The monoisotopic (exact) mass is 262 g/mol. The molecule has 0 bridgehead atoms. The molecule has 1 aromatic rings. The topological polar surface area (TPSA) is 42.4 Å². The summed E-state index contributed by atoms with van der Waals surface area (Å²) in [6.07, 6.45) is 5.35. The number of rotatable bonds is 4. The molecule has 1 aliphatic rings. The molecule has 0 aliphatic carbocycles. The van der Waals surface area contributed by atoms with Crippen molar-refractivity contribution in [1.82, 2.24) is 9.88 Å². The molecule has 2 heterocycles. The van der Waals surface area contributed by atoms with Gasteiger partial charge in [-0.3, -0.25) is 9.78 Å². The maximum atomic E-state index is 11.9. The highest BCUT2D eigenvalue weighted by Crippen LogP contribution is 2.32. The average Bonchev–Trinajstić information content (AvgIpc) is 2.47. The van der Waals surface area contributed by atoms with Gasteiger partial charge in [-0.1, -0.05) is 6.92 Å². The minimum atomic E-state index is 0.286. The molecule has 1 saturated heterocycles. The van der Waals surface area contributed by atoms with Gasteiger partial charge in [0.15, 0.2) is 0 Å². The number of methoxy groups -OCH3 is 1. The van der Waals surface area contributed by atoms with Gasteiger partial charge in [-0.25, -0.2) is 0 Å². The van der Waals surface area contributed by atoms with Gasteiger partial charge < -0.3 is 9.64 Å². The van der Waals surface area contributed by atoms with Gasteiger partial charge in [0.2, 0.25) is 5.91 Å². The van der Waals surface area contributed by atoms with E-state index in [-0.39, 0.29) is 5.91 Å². The molecule has 0 saturated carbocycles. The third-order valence-corrected chi connectivity index (χ3v) is 3.72. The van der Waals surface area contributed by atoms with E-state index in [1.807, 2.05) is 30.2 Å². The van der Waals surface area contributed by atoms with E-state index in [1.165, 1.54) is 0 Å². The van der Waals surface area contributed by atoms with Crippen LogP contribution in [0.25, 0.3) is 0 Å². The zero-order valence-electron chi connectivity index (χ0n) is 11.8. The Hall–Kier alpha value is -1.58. The Morgan fingerprint density at radius 3 is 2.84 bits per heavy atom. The van der Waals surface area contributed by atoms with Crippen LogP contribution in [-0.4, -0.2) is 36.0 Å². The number of pyridine rings is 1. The minimum Gasteiger partial charge on any atom is -0.495 e. The number of ether oxygens (including phenoxy) is 1. The third-order valence-electron chi connectivity index (χ3n) is 3.72. The average molecular weight is 262 g/mol. The number of piperidine rings is 1. The van der Waals surface area contributed by atoms with Crippen molar-refractivity contribution >= 4 is 5.91 Å². The summed E-state index contributed by atoms with van der Waals surface area (Å²) in [6.45, 7) is 3.72. The summed E-state index contributed by atoms with van der Waals surface area (Å²) in [4.78, 5) is 18.3. The van der Waals surface area contributed by atoms with Crippen molar-refractivity contribution in [3.63, 3.8) is 0 Å². The van der Waals surface area contributed by atoms with Gasteiger partial charge in [-0.2, -0.15) is 0 Å². The van der Waals surface area contributed by atoms with Crippen molar-refractivity contribution in [3.8, 4) is 5.75 Å². The summed E-state index contributed by atoms with van der Waals surface area (Å²) in [5.74, 6) is 1.55. The fourth-order valence-electron chi connectivity index (χ4n) is 2.66. The summed E-state index contributed by atoms with van der Waals surface area (Å²) < 4.78 is 5.37. The molecule has 0 spiro atoms. The van der Waals surface area contributed by atoms with Crippen molar-refractivity contribution < 1.29 is 9.53 Å². The van der Waals surface area contributed by atoms with Crippen LogP contribution in [0.3, 0.4) is 0 Å². The first-order chi connectivity index (χ1) is 9.26. The van der Waals surface area contributed by atoms with Crippen LogP contribution >= 0.6 is 0 Å². The second kappa shape index (κ2) is 6.55. The lowest BCUT2D eigenvalue weighted by molar-refractivity contribution is -0.132. The number of carbonyl (C=O) groups is 1. The van der Waals surface area contributed by atoms with Crippen molar-refractivity contribution in [2.24, 2.45) is 0 Å². The molecule has 0 atom stereocenters. The van der Waals surface area contributed by atoms with Crippen LogP contribution in [0, 0.1) is 0 Å². The van der Waals surface area contributed by atoms with E-state index in [1.54, 1.807) is 7.11 Å². The lowest BCUT2D eigenvalue weighted by atomic mass is 9.92. The summed E-state index contributed by atoms with van der Waals surface area (Å²) in [5.41, 5.74) is 1.03. The first-order valence-electron chi connectivity index (χ1n) is 7.03. The molecule has 19 heavy (non-hydrogen) atoms. The predicted molar refractivity (Wildman–Crippen MR) is 74.3 cm³/mol. The molecule has 1 amide bonds. The molecule has 4 heteroatoms. The van der Waals surface area contributed by atoms with E-state index in [4.69, 9.17) is 4.74 Å². The second-order valence-corrected chi connectivity index (χ2v) is 5.00. The number of likely N-dealkylation sites (tertiary alicyclic amines) is 1. The van der Waals surface area contributed by atoms with Crippen LogP contribution in [-0.2, 0) is 4.79 Å². The first-order valence-corrected chi connectivity index (χ1v) is 7.03. The maximum absolute atomic E-state index is 11.9. The number of hydrogen-bond acceptors (Lipinski definition) is 3. The molecule has 1 fully saturated rings. The Morgan fingerprint density at radius 2 is 2.21 bits per heavy atom. The smallest absolute Gasteiger partial charge is 0.222 e. The van der Waals surface area contributed by atoms with Crippen molar-refractivity contribution in [1.29, 1.82) is 0 Å². The summed E-state index contributed by atoms with van der Waals surface area (Å²) in [7, 11) is 1.68.